The molecule has 0 amide bonds. The van der Waals surface area contributed by atoms with Gasteiger partial charge in [0.05, 0.1) is 5.75 Å². The van der Waals surface area contributed by atoms with Gasteiger partial charge in [-0.1, -0.05) is 32.9 Å². The van der Waals surface area contributed by atoms with Crippen molar-refractivity contribution in [2.75, 3.05) is 0 Å². The smallest absolute Gasteiger partial charge is 0.316 e. The largest absolute Gasteiger partial charge is 0.480 e. The predicted octanol–water partition coefficient (Wildman–Crippen LogP) is 2.46. The van der Waals surface area contributed by atoms with Crippen LogP contribution >= 0.6 is 11.8 Å². The van der Waals surface area contributed by atoms with Crippen molar-refractivity contribution in [1.82, 2.24) is 10.1 Å². The first-order chi connectivity index (χ1) is 7.84. The van der Waals surface area contributed by atoms with Crippen LogP contribution in [0.1, 0.15) is 45.8 Å². The van der Waals surface area contributed by atoms with Crippen molar-refractivity contribution < 1.29 is 14.4 Å². The zero-order valence-corrected chi connectivity index (χ0v) is 11.4. The van der Waals surface area contributed by atoms with E-state index >= 15 is 0 Å². The third kappa shape index (κ3) is 4.03. The lowest BCUT2D eigenvalue weighted by Gasteiger charge is -2.11. The van der Waals surface area contributed by atoms with Crippen LogP contribution in [-0.2, 0) is 16.0 Å². The molecule has 0 saturated carbocycles. The fourth-order valence-electron chi connectivity index (χ4n) is 1.15. The molecule has 0 aliphatic rings. The van der Waals surface area contributed by atoms with E-state index in [9.17, 15) is 4.79 Å². The molecule has 0 aromatic carbocycles. The van der Waals surface area contributed by atoms with Gasteiger partial charge in [0.1, 0.15) is 5.25 Å². The fraction of sp³-hybridized carbons (Fsp3) is 0.727. The molecule has 1 heterocycles. The second-order valence-electron chi connectivity index (χ2n) is 4.81. The maximum Gasteiger partial charge on any atom is 0.316 e. The number of nitrogens with zero attached hydrogens (tertiary/aromatic N) is 2. The maximum atomic E-state index is 10.8. The van der Waals surface area contributed by atoms with Gasteiger partial charge in [-0.2, -0.15) is 4.98 Å². The van der Waals surface area contributed by atoms with Crippen LogP contribution in [-0.4, -0.2) is 26.5 Å². The van der Waals surface area contributed by atoms with E-state index in [4.69, 9.17) is 9.63 Å². The van der Waals surface area contributed by atoms with Crippen LogP contribution in [0.25, 0.3) is 0 Å². The second-order valence-corrected chi connectivity index (χ2v) is 6.00. The molecule has 0 bridgehead atoms. The molecule has 0 radical (unpaired) electrons. The number of hydrogen-bond donors (Lipinski definition) is 1. The summed E-state index contributed by atoms with van der Waals surface area (Å²) >= 11 is 1.31. The Hall–Kier alpha value is -1.04. The summed E-state index contributed by atoms with van der Waals surface area (Å²) in [5, 5.41) is 12.4. The summed E-state index contributed by atoms with van der Waals surface area (Å²) in [5.74, 6) is 0.776. The Morgan fingerprint density at radius 2 is 2.18 bits per heavy atom. The average molecular weight is 258 g/mol. The van der Waals surface area contributed by atoms with Gasteiger partial charge in [0, 0.05) is 5.41 Å². The summed E-state index contributed by atoms with van der Waals surface area (Å²) in [7, 11) is 0. The minimum absolute atomic E-state index is 0.149. The molecule has 0 saturated heterocycles. The fourth-order valence-corrected chi connectivity index (χ4v) is 1.99. The number of thioether (sulfide) groups is 1. The zero-order chi connectivity index (χ0) is 13.1. The Bertz CT molecular complexity index is 384. The van der Waals surface area contributed by atoms with Crippen molar-refractivity contribution in [2.24, 2.45) is 0 Å². The van der Waals surface area contributed by atoms with Crippen molar-refractivity contribution in [1.29, 1.82) is 0 Å². The lowest BCUT2D eigenvalue weighted by Crippen LogP contribution is -2.15. The van der Waals surface area contributed by atoms with Gasteiger partial charge < -0.3 is 9.63 Å². The van der Waals surface area contributed by atoms with E-state index in [1.54, 1.807) is 0 Å². The Balaban J connectivity index is 2.58. The molecule has 1 aromatic rings. The lowest BCUT2D eigenvalue weighted by molar-refractivity contribution is -0.136. The van der Waals surface area contributed by atoms with Gasteiger partial charge in [0.2, 0.25) is 5.89 Å². The first-order valence-corrected chi connectivity index (χ1v) is 6.57. The molecule has 0 fully saturated rings. The lowest BCUT2D eigenvalue weighted by atomic mass is 9.96. The quantitative estimate of drug-likeness (QED) is 0.874. The Labute approximate surface area is 105 Å². The molecule has 1 N–H and O–H groups in total. The molecule has 1 rings (SSSR count). The van der Waals surface area contributed by atoms with Gasteiger partial charge in [0.15, 0.2) is 5.82 Å². The minimum atomic E-state index is -0.798. The van der Waals surface area contributed by atoms with E-state index in [0.29, 0.717) is 23.9 Å². The van der Waals surface area contributed by atoms with Gasteiger partial charge in [-0.25, -0.2) is 0 Å². The number of hydrogen-bond acceptors (Lipinski definition) is 5. The monoisotopic (exact) mass is 258 g/mol. The highest BCUT2D eigenvalue weighted by Crippen LogP contribution is 2.23. The van der Waals surface area contributed by atoms with Crippen LogP contribution in [0.15, 0.2) is 4.52 Å². The Morgan fingerprint density at radius 3 is 2.59 bits per heavy atom. The Kier molecular flexibility index (Phi) is 4.56. The van der Waals surface area contributed by atoms with Crippen LogP contribution < -0.4 is 0 Å². The van der Waals surface area contributed by atoms with Crippen molar-refractivity contribution in [3.05, 3.63) is 11.7 Å². The van der Waals surface area contributed by atoms with E-state index in [1.165, 1.54) is 11.8 Å². The number of carboxylic acids is 1. The van der Waals surface area contributed by atoms with E-state index in [0.717, 1.165) is 0 Å². The van der Waals surface area contributed by atoms with E-state index in [1.807, 2.05) is 27.7 Å². The molecule has 6 heteroatoms. The molecule has 96 valence electrons. The van der Waals surface area contributed by atoms with Crippen molar-refractivity contribution >= 4 is 17.7 Å². The average Bonchev–Trinajstić information content (AvgIpc) is 2.66. The molecule has 1 unspecified atom stereocenters. The Morgan fingerprint density at radius 1 is 1.53 bits per heavy atom. The van der Waals surface area contributed by atoms with Gasteiger partial charge >= 0.3 is 5.97 Å². The third-order valence-electron chi connectivity index (χ3n) is 2.19. The molecule has 1 atom stereocenters. The van der Waals surface area contributed by atoms with E-state index in [2.05, 4.69) is 10.1 Å². The first kappa shape index (κ1) is 14.0. The number of carboxylic acid groups (broad SMARTS) is 1. The highest BCUT2D eigenvalue weighted by Gasteiger charge is 2.22. The number of carbonyl (C=O) groups is 1. The molecular formula is C11H18N2O3S. The number of aromatic nitrogens is 2. The molecule has 0 aliphatic carbocycles. The normalized spacial score (nSPS) is 13.6. The summed E-state index contributed by atoms with van der Waals surface area (Å²) in [6.45, 7) is 7.85. The van der Waals surface area contributed by atoms with Gasteiger partial charge in [-0.15, -0.1) is 11.8 Å². The van der Waals surface area contributed by atoms with Gasteiger partial charge in [-0.05, 0) is 6.42 Å². The summed E-state index contributed by atoms with van der Waals surface area (Å²) in [6.07, 6.45) is 0.584. The third-order valence-corrected chi connectivity index (χ3v) is 3.54. The van der Waals surface area contributed by atoms with Crippen molar-refractivity contribution in [2.45, 2.75) is 50.5 Å². The molecule has 5 nitrogen and oxygen atoms in total. The zero-order valence-electron chi connectivity index (χ0n) is 10.6. The van der Waals surface area contributed by atoms with Gasteiger partial charge in [0.25, 0.3) is 0 Å². The molecule has 0 spiro atoms. The molecule has 0 aliphatic heterocycles. The standard InChI is InChI=1S/C11H18N2O3S/c1-5-7(9(14)15)17-6-8-12-10(13-16-8)11(2,3)4/h7H,5-6H2,1-4H3,(H,14,15). The SMILES string of the molecule is CCC(SCc1nc(C(C)(C)C)no1)C(=O)O. The number of rotatable bonds is 5. The second kappa shape index (κ2) is 5.53. The minimum Gasteiger partial charge on any atom is -0.480 e. The van der Waals surface area contributed by atoms with E-state index in [-0.39, 0.29) is 5.41 Å². The summed E-state index contributed by atoms with van der Waals surface area (Å²) in [4.78, 5) is 15.1. The summed E-state index contributed by atoms with van der Waals surface area (Å²) in [5.41, 5.74) is -0.149. The van der Waals surface area contributed by atoms with Crippen LogP contribution in [0.5, 0.6) is 0 Å². The summed E-state index contributed by atoms with van der Waals surface area (Å²) < 4.78 is 5.09. The maximum absolute atomic E-state index is 10.8. The highest BCUT2D eigenvalue weighted by molar-refractivity contribution is 7.99. The number of aliphatic carboxylic acids is 1. The van der Waals surface area contributed by atoms with Crippen LogP contribution in [0.2, 0.25) is 0 Å². The van der Waals surface area contributed by atoms with E-state index < -0.39 is 11.2 Å². The van der Waals surface area contributed by atoms with Crippen LogP contribution in [0.3, 0.4) is 0 Å². The topological polar surface area (TPSA) is 76.2 Å². The van der Waals surface area contributed by atoms with Crippen molar-refractivity contribution in [3.8, 4) is 0 Å². The van der Waals surface area contributed by atoms with Crippen molar-refractivity contribution in [3.63, 3.8) is 0 Å². The van der Waals surface area contributed by atoms with Crippen LogP contribution in [0.4, 0.5) is 0 Å². The predicted molar refractivity (Wildman–Crippen MR) is 66.0 cm³/mol. The molecule has 17 heavy (non-hydrogen) atoms. The van der Waals surface area contributed by atoms with Gasteiger partial charge in [-0.3, -0.25) is 4.79 Å². The summed E-state index contributed by atoms with van der Waals surface area (Å²) in [6, 6.07) is 0. The highest BCUT2D eigenvalue weighted by atomic mass is 32.2. The van der Waals surface area contributed by atoms with Crippen LogP contribution in [0, 0.1) is 0 Å². The first-order valence-electron chi connectivity index (χ1n) is 5.52. The molecular weight excluding hydrogens is 240 g/mol. The molecule has 1 aromatic heterocycles.